The second-order valence-corrected chi connectivity index (χ2v) is 12.0. The average molecular weight is 578 g/mol. The van der Waals surface area contributed by atoms with E-state index in [0.29, 0.717) is 28.0 Å². The van der Waals surface area contributed by atoms with Crippen LogP contribution in [0, 0.1) is 21.9 Å². The minimum absolute atomic E-state index is 0.180. The van der Waals surface area contributed by atoms with Crippen molar-refractivity contribution in [3.8, 4) is 40.0 Å². The Labute approximate surface area is 225 Å². The van der Waals surface area contributed by atoms with E-state index >= 15 is 4.39 Å². The van der Waals surface area contributed by atoms with Crippen LogP contribution in [0.15, 0.2) is 53.7 Å². The van der Waals surface area contributed by atoms with E-state index in [0.717, 1.165) is 18.4 Å². The quantitative estimate of drug-likeness (QED) is 0.237. The van der Waals surface area contributed by atoms with E-state index < -0.39 is 62.8 Å². The minimum atomic E-state index is -4.90. The summed E-state index contributed by atoms with van der Waals surface area (Å²) in [6, 6.07) is 11.3. The molecule has 0 amide bonds. The number of hydrogen-bond donors (Lipinski definition) is 1. The third-order valence-electron chi connectivity index (χ3n) is 7.00. The van der Waals surface area contributed by atoms with Crippen molar-refractivity contribution in [1.82, 2.24) is 14.5 Å². The molecule has 1 fully saturated rings. The SMILES string of the molecule is CCS(=N)(=O)c1cc(-c2ccc(C3(C#N)CC3)cc2)cnc1-c1nc2cc(C(F)(F)F)cn(CC(F)F)c-2c1F. The molecule has 1 N–H and O–H groups in total. The number of nitrogens with one attached hydrogen (secondary N) is 1. The summed E-state index contributed by atoms with van der Waals surface area (Å²) < 4.78 is 105. The summed E-state index contributed by atoms with van der Waals surface area (Å²) in [5.41, 5.74) is -1.92. The van der Waals surface area contributed by atoms with Gasteiger partial charge in [0.15, 0.2) is 5.82 Å². The molecule has 208 valence electrons. The zero-order chi connectivity index (χ0) is 29.0. The Hall–Kier alpha value is -3.92. The molecule has 3 aliphatic rings. The molecule has 5 rings (SSSR count). The molecule has 2 aromatic rings. The molecule has 3 heterocycles. The third kappa shape index (κ3) is 4.81. The van der Waals surface area contributed by atoms with Gasteiger partial charge < -0.3 is 4.57 Å². The zero-order valence-corrected chi connectivity index (χ0v) is 21.7. The molecule has 13 heteroatoms. The highest BCUT2D eigenvalue weighted by Crippen LogP contribution is 2.48. The van der Waals surface area contributed by atoms with Gasteiger partial charge in [-0.25, -0.2) is 27.1 Å². The molecule has 6 nitrogen and oxygen atoms in total. The predicted octanol–water partition coefficient (Wildman–Crippen LogP) is 7.12. The number of alkyl halides is 5. The summed E-state index contributed by atoms with van der Waals surface area (Å²) in [5, 5.41) is 9.43. The molecule has 0 radical (unpaired) electrons. The monoisotopic (exact) mass is 577 g/mol. The molecule has 1 saturated carbocycles. The normalized spacial score (nSPS) is 16.2. The fourth-order valence-corrected chi connectivity index (χ4v) is 5.69. The lowest BCUT2D eigenvalue weighted by atomic mass is 9.95. The highest BCUT2D eigenvalue weighted by atomic mass is 32.2. The molecule has 1 atom stereocenters. The van der Waals surface area contributed by atoms with Crippen LogP contribution >= 0.6 is 0 Å². The van der Waals surface area contributed by atoms with Crippen LogP contribution in [0.4, 0.5) is 26.3 Å². The Kier molecular flexibility index (Phi) is 6.65. The van der Waals surface area contributed by atoms with Gasteiger partial charge in [-0.1, -0.05) is 31.2 Å². The van der Waals surface area contributed by atoms with E-state index in [1.807, 2.05) is 0 Å². The lowest BCUT2D eigenvalue weighted by molar-refractivity contribution is -0.138. The Balaban J connectivity index is 1.67. The maximum absolute atomic E-state index is 15.7. The molecule has 40 heavy (non-hydrogen) atoms. The van der Waals surface area contributed by atoms with E-state index in [1.54, 1.807) is 24.3 Å². The van der Waals surface area contributed by atoms with Crippen LogP contribution in [0.25, 0.3) is 33.9 Å². The summed E-state index contributed by atoms with van der Waals surface area (Å²) in [6.45, 7) is 0.268. The largest absolute Gasteiger partial charge is 0.417 e. The van der Waals surface area contributed by atoms with Crippen LogP contribution in [-0.4, -0.2) is 30.9 Å². The number of benzene rings is 1. The van der Waals surface area contributed by atoms with E-state index in [1.165, 1.54) is 19.2 Å². The van der Waals surface area contributed by atoms with Crippen molar-refractivity contribution in [3.63, 3.8) is 0 Å². The van der Waals surface area contributed by atoms with Gasteiger partial charge in [-0.15, -0.1) is 0 Å². The first kappa shape index (κ1) is 27.6. The van der Waals surface area contributed by atoms with Crippen LogP contribution in [0.3, 0.4) is 0 Å². The molecule has 1 unspecified atom stereocenters. The van der Waals surface area contributed by atoms with Crippen LogP contribution in [0.1, 0.15) is 30.9 Å². The van der Waals surface area contributed by atoms with Crippen LogP contribution in [-0.2, 0) is 27.9 Å². The molecule has 1 aromatic heterocycles. The number of pyridine rings is 2. The molecule has 0 bridgehead atoms. The summed E-state index contributed by atoms with van der Waals surface area (Å²) in [7, 11) is -3.57. The fourth-order valence-electron chi connectivity index (χ4n) is 4.60. The van der Waals surface area contributed by atoms with Gasteiger partial charge >= 0.3 is 6.18 Å². The van der Waals surface area contributed by atoms with Crippen molar-refractivity contribution in [2.24, 2.45) is 0 Å². The number of halogens is 6. The van der Waals surface area contributed by atoms with Crippen LogP contribution in [0.2, 0.25) is 0 Å². The third-order valence-corrected chi connectivity index (χ3v) is 8.84. The molecule has 0 spiro atoms. The lowest BCUT2D eigenvalue weighted by Gasteiger charge is -2.16. The molecule has 1 aliphatic carbocycles. The summed E-state index contributed by atoms with van der Waals surface area (Å²) >= 11 is 0. The maximum Gasteiger partial charge on any atom is 0.417 e. The Bertz CT molecular complexity index is 1720. The first-order chi connectivity index (χ1) is 18.8. The van der Waals surface area contributed by atoms with Crippen molar-refractivity contribution in [2.45, 2.75) is 49.2 Å². The number of nitriles is 1. The van der Waals surface area contributed by atoms with Crippen molar-refractivity contribution in [1.29, 1.82) is 10.0 Å². The van der Waals surface area contributed by atoms with Crippen molar-refractivity contribution in [2.75, 3.05) is 5.75 Å². The average Bonchev–Trinajstić information content (AvgIpc) is 3.64. The second-order valence-electron chi connectivity index (χ2n) is 9.58. The highest BCUT2D eigenvalue weighted by Gasteiger charge is 2.44. The lowest BCUT2D eigenvalue weighted by Crippen LogP contribution is -2.15. The van der Waals surface area contributed by atoms with Gasteiger partial charge in [-0.2, -0.15) is 18.4 Å². The van der Waals surface area contributed by atoms with Gasteiger partial charge in [-0.3, -0.25) is 4.98 Å². The van der Waals surface area contributed by atoms with Gasteiger partial charge in [0.25, 0.3) is 6.43 Å². The maximum atomic E-state index is 15.7. The summed E-state index contributed by atoms with van der Waals surface area (Å²) in [6.07, 6.45) is -4.75. The predicted molar refractivity (Wildman–Crippen MR) is 135 cm³/mol. The molecule has 0 saturated heterocycles. The minimum Gasteiger partial charge on any atom is -0.337 e. The Morgan fingerprint density at radius 1 is 1.15 bits per heavy atom. The second kappa shape index (κ2) is 9.62. The van der Waals surface area contributed by atoms with Gasteiger partial charge in [0, 0.05) is 23.7 Å². The van der Waals surface area contributed by atoms with Crippen molar-refractivity contribution < 1.29 is 30.6 Å². The fraction of sp³-hybridized carbons (Fsp3) is 0.296. The Morgan fingerprint density at radius 3 is 2.38 bits per heavy atom. The van der Waals surface area contributed by atoms with Crippen molar-refractivity contribution in [3.05, 3.63) is 65.7 Å². The van der Waals surface area contributed by atoms with Gasteiger partial charge in [0.1, 0.15) is 17.1 Å². The topological polar surface area (TPSA) is 95.4 Å². The number of rotatable bonds is 7. The number of nitrogens with zero attached hydrogens (tertiary/aromatic N) is 4. The van der Waals surface area contributed by atoms with Crippen molar-refractivity contribution >= 4 is 9.73 Å². The number of aromatic nitrogens is 3. The van der Waals surface area contributed by atoms with E-state index in [-0.39, 0.29) is 16.3 Å². The molecule has 2 aliphatic heterocycles. The highest BCUT2D eigenvalue weighted by molar-refractivity contribution is 7.92. The van der Waals surface area contributed by atoms with E-state index in [4.69, 9.17) is 4.78 Å². The van der Waals surface area contributed by atoms with Gasteiger partial charge in [0.05, 0.1) is 43.9 Å². The van der Waals surface area contributed by atoms with Crippen LogP contribution in [0.5, 0.6) is 0 Å². The summed E-state index contributed by atoms with van der Waals surface area (Å²) in [5.74, 6) is -1.40. The van der Waals surface area contributed by atoms with Gasteiger partial charge in [0.2, 0.25) is 0 Å². The van der Waals surface area contributed by atoms with E-state index in [9.17, 15) is 31.4 Å². The van der Waals surface area contributed by atoms with E-state index in [2.05, 4.69) is 16.0 Å². The summed E-state index contributed by atoms with van der Waals surface area (Å²) in [4.78, 5) is 7.98. The van der Waals surface area contributed by atoms with Gasteiger partial charge in [-0.05, 0) is 36.1 Å². The standard InChI is InChI=1S/C27H21F6N5OS/c1-2-40(35,39)20-9-16(15-3-5-17(6-4-15)26(14-34)7-8-26)11-36-23(20)24-22(30)25-19(37-24)10-18(27(31,32)33)12-38(25)13-21(28)29/h3-6,9-12,21,35H,2,7-8,13H2,1H3. The zero-order valence-electron chi connectivity index (χ0n) is 20.9. The molecular formula is C27H21F6N5OS. The number of hydrogen-bond acceptors (Lipinski definition) is 5. The first-order valence-electron chi connectivity index (χ1n) is 12.1. The number of fused-ring (bicyclic) bond motifs is 1. The smallest absolute Gasteiger partial charge is 0.337 e. The first-order valence-corrected chi connectivity index (χ1v) is 13.9. The molecule has 1 aromatic carbocycles. The Morgan fingerprint density at radius 2 is 1.82 bits per heavy atom. The van der Waals surface area contributed by atoms with Crippen LogP contribution < -0.4 is 0 Å². The molecular weight excluding hydrogens is 556 g/mol.